The molecule has 5 nitrogen and oxygen atoms in total. The van der Waals surface area contributed by atoms with Crippen LogP contribution in [0.4, 0.5) is 13.2 Å². The zero-order valence-electron chi connectivity index (χ0n) is 22.0. The summed E-state index contributed by atoms with van der Waals surface area (Å²) in [4.78, 5) is 23.0. The SMILES string of the molecule is COCC1=NC(c2ccc(F)cc2)(c2ccc(F)cc2)C(=O)N1CCCN1CCC(c2ccc(F)cc2)CC1. The Morgan fingerprint density at radius 3 is 1.85 bits per heavy atom. The minimum Gasteiger partial charge on any atom is -0.377 e. The van der Waals surface area contributed by atoms with Crippen LogP contribution in [0.25, 0.3) is 0 Å². The Balaban J connectivity index is 1.30. The molecule has 0 N–H and O–H groups in total. The quantitative estimate of drug-likeness (QED) is 0.363. The van der Waals surface area contributed by atoms with E-state index in [2.05, 4.69) is 4.90 Å². The van der Waals surface area contributed by atoms with Gasteiger partial charge in [-0.2, -0.15) is 0 Å². The molecule has 39 heavy (non-hydrogen) atoms. The van der Waals surface area contributed by atoms with Crippen molar-refractivity contribution in [3.05, 3.63) is 107 Å². The third-order valence-corrected chi connectivity index (χ3v) is 7.75. The fraction of sp³-hybridized carbons (Fsp3) is 0.355. The van der Waals surface area contributed by atoms with Gasteiger partial charge in [0.25, 0.3) is 5.91 Å². The summed E-state index contributed by atoms with van der Waals surface area (Å²) in [5.74, 6) is -0.394. The van der Waals surface area contributed by atoms with Gasteiger partial charge in [0.2, 0.25) is 0 Å². The first-order valence-electron chi connectivity index (χ1n) is 13.3. The largest absolute Gasteiger partial charge is 0.377 e. The van der Waals surface area contributed by atoms with Crippen LogP contribution in [0.2, 0.25) is 0 Å². The summed E-state index contributed by atoms with van der Waals surface area (Å²) in [6.45, 7) is 3.27. The Hall–Kier alpha value is -3.49. The molecular formula is C31H32F3N3O2. The van der Waals surface area contributed by atoms with Crippen molar-refractivity contribution < 1.29 is 22.7 Å². The van der Waals surface area contributed by atoms with E-state index >= 15 is 0 Å². The molecule has 8 heteroatoms. The number of rotatable bonds is 9. The molecule has 204 valence electrons. The summed E-state index contributed by atoms with van der Waals surface area (Å²) in [6, 6.07) is 18.2. The first-order chi connectivity index (χ1) is 18.9. The lowest BCUT2D eigenvalue weighted by Gasteiger charge is -2.33. The maximum absolute atomic E-state index is 14.1. The average molecular weight is 536 g/mol. The Morgan fingerprint density at radius 1 is 0.821 bits per heavy atom. The van der Waals surface area contributed by atoms with E-state index in [4.69, 9.17) is 9.73 Å². The van der Waals surface area contributed by atoms with Crippen molar-refractivity contribution in [1.82, 2.24) is 9.80 Å². The third kappa shape index (κ3) is 5.63. The fourth-order valence-electron chi connectivity index (χ4n) is 5.69. The van der Waals surface area contributed by atoms with Crippen LogP contribution in [0.5, 0.6) is 0 Å². The molecule has 0 saturated carbocycles. The van der Waals surface area contributed by atoms with E-state index in [0.717, 1.165) is 38.9 Å². The highest BCUT2D eigenvalue weighted by Crippen LogP contribution is 2.40. The molecule has 0 spiro atoms. The second-order valence-corrected chi connectivity index (χ2v) is 10.2. The van der Waals surface area contributed by atoms with Crippen LogP contribution < -0.4 is 0 Å². The Kier molecular flexibility index (Phi) is 8.14. The van der Waals surface area contributed by atoms with E-state index < -0.39 is 17.2 Å². The van der Waals surface area contributed by atoms with Gasteiger partial charge in [-0.25, -0.2) is 18.2 Å². The number of methoxy groups -OCH3 is 1. The van der Waals surface area contributed by atoms with Crippen molar-refractivity contribution in [2.45, 2.75) is 30.7 Å². The number of amidine groups is 1. The maximum Gasteiger partial charge on any atom is 0.265 e. The molecule has 0 radical (unpaired) electrons. The van der Waals surface area contributed by atoms with Crippen molar-refractivity contribution in [2.24, 2.45) is 4.99 Å². The molecule has 3 aromatic rings. The highest BCUT2D eigenvalue weighted by atomic mass is 19.1. The maximum atomic E-state index is 14.1. The van der Waals surface area contributed by atoms with Gasteiger partial charge < -0.3 is 9.64 Å². The van der Waals surface area contributed by atoms with Gasteiger partial charge in [-0.1, -0.05) is 36.4 Å². The van der Waals surface area contributed by atoms with Gasteiger partial charge >= 0.3 is 0 Å². The van der Waals surface area contributed by atoms with E-state index in [1.165, 1.54) is 42.0 Å². The molecule has 1 fully saturated rings. The first-order valence-corrected chi connectivity index (χ1v) is 13.3. The summed E-state index contributed by atoms with van der Waals surface area (Å²) >= 11 is 0. The molecular weight excluding hydrogens is 503 g/mol. The molecule has 0 aliphatic carbocycles. The summed E-state index contributed by atoms with van der Waals surface area (Å²) in [5, 5.41) is 0. The number of aliphatic imine (C=N–C) groups is 1. The number of amides is 1. The standard InChI is InChI=1S/C31H32F3N3O2/c1-39-21-29-35-31(24-5-11-27(33)12-6-24,25-7-13-28(34)14-8-25)30(38)37(29)18-2-17-36-19-15-23(16-20-36)22-3-9-26(32)10-4-22/h3-14,23H,2,15-21H2,1H3. The van der Waals surface area contributed by atoms with Crippen LogP contribution in [0.1, 0.15) is 41.9 Å². The molecule has 0 bridgehead atoms. The normalized spacial score (nSPS) is 18.0. The van der Waals surface area contributed by atoms with Gasteiger partial charge in [-0.3, -0.25) is 9.69 Å². The monoisotopic (exact) mass is 535 g/mol. The van der Waals surface area contributed by atoms with Crippen molar-refractivity contribution in [3.8, 4) is 0 Å². The number of halogens is 3. The predicted octanol–water partition coefficient (Wildman–Crippen LogP) is 5.50. The van der Waals surface area contributed by atoms with E-state index in [-0.39, 0.29) is 18.3 Å². The van der Waals surface area contributed by atoms with Gasteiger partial charge in [-0.05, 0) is 97.9 Å². The van der Waals surface area contributed by atoms with Crippen molar-refractivity contribution >= 4 is 11.7 Å². The summed E-state index contributed by atoms with van der Waals surface area (Å²) in [5.41, 5.74) is 0.763. The number of carbonyl (C=O) groups excluding carboxylic acids is 1. The van der Waals surface area contributed by atoms with E-state index in [0.29, 0.717) is 29.4 Å². The summed E-state index contributed by atoms with van der Waals surface area (Å²) in [7, 11) is 1.55. The number of carbonyl (C=O) groups is 1. The average Bonchev–Trinajstić information content (AvgIpc) is 3.22. The second kappa shape index (κ2) is 11.7. The zero-order valence-corrected chi connectivity index (χ0v) is 22.0. The summed E-state index contributed by atoms with van der Waals surface area (Å²) in [6.07, 6.45) is 2.74. The van der Waals surface area contributed by atoms with Crippen LogP contribution in [0.15, 0.2) is 77.8 Å². The molecule has 2 aliphatic rings. The van der Waals surface area contributed by atoms with Gasteiger partial charge in [-0.15, -0.1) is 0 Å². The first kappa shape index (κ1) is 27.1. The van der Waals surface area contributed by atoms with Crippen molar-refractivity contribution in [2.75, 3.05) is 39.9 Å². The van der Waals surface area contributed by atoms with Gasteiger partial charge in [0, 0.05) is 13.7 Å². The Bertz CT molecular complexity index is 1260. The molecule has 2 heterocycles. The number of benzene rings is 3. The zero-order chi connectivity index (χ0) is 27.4. The smallest absolute Gasteiger partial charge is 0.265 e. The lowest BCUT2D eigenvalue weighted by molar-refractivity contribution is -0.130. The van der Waals surface area contributed by atoms with Gasteiger partial charge in [0.15, 0.2) is 5.54 Å². The molecule has 3 aromatic carbocycles. The van der Waals surface area contributed by atoms with Gasteiger partial charge in [0.1, 0.15) is 29.9 Å². The second-order valence-electron chi connectivity index (χ2n) is 10.2. The third-order valence-electron chi connectivity index (χ3n) is 7.75. The van der Waals surface area contributed by atoms with Crippen LogP contribution in [-0.4, -0.2) is 61.4 Å². The Labute approximate surface area is 226 Å². The molecule has 2 aliphatic heterocycles. The van der Waals surface area contributed by atoms with Crippen molar-refractivity contribution in [1.29, 1.82) is 0 Å². The number of likely N-dealkylation sites (tertiary alicyclic amines) is 1. The lowest BCUT2D eigenvalue weighted by atomic mass is 9.82. The van der Waals surface area contributed by atoms with Crippen LogP contribution in [-0.2, 0) is 15.1 Å². The van der Waals surface area contributed by atoms with Gasteiger partial charge in [0.05, 0.1) is 0 Å². The lowest BCUT2D eigenvalue weighted by Crippen LogP contribution is -2.44. The minimum atomic E-state index is -1.44. The molecule has 1 amide bonds. The highest BCUT2D eigenvalue weighted by molar-refractivity contribution is 6.10. The molecule has 0 unspecified atom stereocenters. The topological polar surface area (TPSA) is 45.1 Å². The van der Waals surface area contributed by atoms with E-state index in [1.807, 2.05) is 12.1 Å². The Morgan fingerprint density at radius 2 is 1.33 bits per heavy atom. The van der Waals surface area contributed by atoms with Crippen molar-refractivity contribution in [3.63, 3.8) is 0 Å². The molecule has 0 aromatic heterocycles. The van der Waals surface area contributed by atoms with Crippen LogP contribution in [0.3, 0.4) is 0 Å². The van der Waals surface area contributed by atoms with Crippen LogP contribution in [0, 0.1) is 17.5 Å². The summed E-state index contributed by atoms with van der Waals surface area (Å²) < 4.78 is 46.2. The molecule has 0 atom stereocenters. The van der Waals surface area contributed by atoms with E-state index in [1.54, 1.807) is 36.3 Å². The molecule has 1 saturated heterocycles. The highest BCUT2D eigenvalue weighted by Gasteiger charge is 2.50. The minimum absolute atomic E-state index is 0.138. The number of ether oxygens (including phenoxy) is 1. The number of hydrogen-bond donors (Lipinski definition) is 0. The number of nitrogens with zero attached hydrogens (tertiary/aromatic N) is 3. The molecule has 5 rings (SSSR count). The van der Waals surface area contributed by atoms with Crippen LogP contribution >= 0.6 is 0 Å². The number of hydrogen-bond acceptors (Lipinski definition) is 4. The van der Waals surface area contributed by atoms with E-state index in [9.17, 15) is 18.0 Å². The fourth-order valence-corrected chi connectivity index (χ4v) is 5.69. The number of piperidine rings is 1. The predicted molar refractivity (Wildman–Crippen MR) is 144 cm³/mol.